The predicted octanol–water partition coefficient (Wildman–Crippen LogP) is -0.609. The van der Waals surface area contributed by atoms with E-state index in [-0.39, 0.29) is 29.3 Å². The van der Waals surface area contributed by atoms with E-state index in [4.69, 9.17) is 12.3 Å². The average molecular weight is 241 g/mol. The molecule has 0 amide bonds. The molecular weight excluding hydrogens is 220 g/mol. The molecule has 0 saturated carbocycles. The van der Waals surface area contributed by atoms with Crippen molar-refractivity contribution in [1.29, 1.82) is 0 Å². The molecule has 0 heterocycles. The molecule has 0 radical (unpaired) electrons. The van der Waals surface area contributed by atoms with Crippen LogP contribution in [0.1, 0.15) is 6.92 Å². The van der Waals surface area contributed by atoms with Crippen LogP contribution in [0.5, 0.6) is 0 Å². The maximum atomic E-state index is 5.76. The SMILES string of the molecule is CC[Si](O[SiH2]C)(O[SiH2]C)O[SiH2]C. The molecule has 0 aliphatic carbocycles. The topological polar surface area (TPSA) is 27.7 Å². The van der Waals surface area contributed by atoms with E-state index in [1.54, 1.807) is 0 Å². The molecule has 0 rings (SSSR count). The lowest BCUT2D eigenvalue weighted by atomic mass is 11.0. The van der Waals surface area contributed by atoms with E-state index in [1.165, 1.54) is 0 Å². The van der Waals surface area contributed by atoms with E-state index in [2.05, 4.69) is 26.6 Å². The van der Waals surface area contributed by atoms with Gasteiger partial charge in [-0.05, 0) is 0 Å². The maximum absolute atomic E-state index is 5.76. The lowest BCUT2D eigenvalue weighted by Crippen LogP contribution is -2.47. The lowest BCUT2D eigenvalue weighted by molar-refractivity contribution is 0.284. The second kappa shape index (κ2) is 7.18. The van der Waals surface area contributed by atoms with Gasteiger partial charge in [0.1, 0.15) is 29.3 Å². The fourth-order valence-corrected chi connectivity index (χ4v) is 12.1. The van der Waals surface area contributed by atoms with Gasteiger partial charge in [-0.3, -0.25) is 0 Å². The van der Waals surface area contributed by atoms with Crippen molar-refractivity contribution in [3.63, 3.8) is 0 Å². The Morgan fingerprint density at radius 1 is 0.917 bits per heavy atom. The summed E-state index contributed by atoms with van der Waals surface area (Å²) in [6.45, 7) is 8.53. The second-order valence-corrected chi connectivity index (χ2v) is 9.60. The molecule has 0 aliphatic rings. The minimum Gasteiger partial charge on any atom is -0.423 e. The highest BCUT2D eigenvalue weighted by Gasteiger charge is 2.35. The third-order valence-electron chi connectivity index (χ3n) is 1.53. The minimum absolute atomic E-state index is 0.386. The zero-order chi connectivity index (χ0) is 9.45. The summed E-state index contributed by atoms with van der Waals surface area (Å²) in [5, 5.41) is 0. The largest absolute Gasteiger partial charge is 0.468 e. The van der Waals surface area contributed by atoms with E-state index in [0.29, 0.717) is 0 Å². The molecule has 7 heteroatoms. The highest BCUT2D eigenvalue weighted by atomic mass is 28.5. The Morgan fingerprint density at radius 2 is 1.25 bits per heavy atom. The summed E-state index contributed by atoms with van der Waals surface area (Å²) in [6.07, 6.45) is 0. The van der Waals surface area contributed by atoms with Gasteiger partial charge in [0, 0.05) is 6.04 Å². The zero-order valence-electron chi connectivity index (χ0n) is 8.55. The van der Waals surface area contributed by atoms with Gasteiger partial charge in [0.2, 0.25) is 0 Å². The monoisotopic (exact) mass is 240 g/mol. The van der Waals surface area contributed by atoms with Gasteiger partial charge in [0.05, 0.1) is 0 Å². The summed E-state index contributed by atoms with van der Waals surface area (Å²) in [7, 11) is -3.24. The van der Waals surface area contributed by atoms with Gasteiger partial charge in [0.15, 0.2) is 0 Å². The van der Waals surface area contributed by atoms with Gasteiger partial charge in [-0.2, -0.15) is 0 Å². The first-order valence-electron chi connectivity index (χ1n) is 4.66. The molecule has 0 aromatic carbocycles. The van der Waals surface area contributed by atoms with Crippen LogP contribution in [-0.4, -0.2) is 38.1 Å². The molecular formula is C5H20O3Si4. The first kappa shape index (κ1) is 12.7. The molecule has 74 valence electrons. The van der Waals surface area contributed by atoms with Crippen LogP contribution in [0.4, 0.5) is 0 Å². The van der Waals surface area contributed by atoms with Crippen molar-refractivity contribution in [1.82, 2.24) is 0 Å². The number of hydrogen-bond acceptors (Lipinski definition) is 3. The molecule has 0 aliphatic heterocycles. The summed E-state index contributed by atoms with van der Waals surface area (Å²) >= 11 is 0. The number of hydrogen-bond donors (Lipinski definition) is 0. The average Bonchev–Trinajstić information content (AvgIpc) is 2.06. The van der Waals surface area contributed by atoms with Crippen LogP contribution in [0.2, 0.25) is 25.7 Å². The Bertz CT molecular complexity index is 95.8. The van der Waals surface area contributed by atoms with Crippen LogP contribution in [0, 0.1) is 0 Å². The Balaban J connectivity index is 4.06. The van der Waals surface area contributed by atoms with Gasteiger partial charge in [0.25, 0.3) is 0 Å². The fourth-order valence-electron chi connectivity index (χ4n) is 1.09. The second-order valence-electron chi connectivity index (χ2n) is 2.34. The Hall–Kier alpha value is 0.748. The standard InChI is InChI=1S/C5H20O3Si4/c1-5-12(6-9-2,7-10-3)8-11-4/h5,9-11H2,1-4H3. The van der Waals surface area contributed by atoms with Gasteiger partial charge in [-0.15, -0.1) is 0 Å². The smallest absolute Gasteiger partial charge is 0.423 e. The molecule has 3 nitrogen and oxygen atoms in total. The summed E-state index contributed by atoms with van der Waals surface area (Å²) in [5.41, 5.74) is 0. The molecule has 0 fully saturated rings. The molecule has 0 aromatic rings. The minimum atomic E-state index is -2.08. The van der Waals surface area contributed by atoms with Crippen molar-refractivity contribution in [2.75, 3.05) is 0 Å². The summed E-state index contributed by atoms with van der Waals surface area (Å²) in [4.78, 5) is 0. The number of rotatable bonds is 7. The van der Waals surface area contributed by atoms with Gasteiger partial charge in [-0.1, -0.05) is 26.6 Å². The van der Waals surface area contributed by atoms with Crippen molar-refractivity contribution in [3.8, 4) is 0 Å². The molecule has 0 spiro atoms. The van der Waals surface area contributed by atoms with Crippen LogP contribution >= 0.6 is 0 Å². The molecule has 0 saturated heterocycles. The summed E-state index contributed by atoms with van der Waals surface area (Å²) in [5.74, 6) is 0. The quantitative estimate of drug-likeness (QED) is 0.556. The Labute approximate surface area is 83.4 Å². The van der Waals surface area contributed by atoms with Crippen molar-refractivity contribution < 1.29 is 12.3 Å². The van der Waals surface area contributed by atoms with Crippen molar-refractivity contribution in [3.05, 3.63) is 0 Å². The molecule has 12 heavy (non-hydrogen) atoms. The molecule has 0 bridgehead atoms. The van der Waals surface area contributed by atoms with Gasteiger partial charge >= 0.3 is 8.80 Å². The Morgan fingerprint density at radius 3 is 1.42 bits per heavy atom. The zero-order valence-corrected chi connectivity index (χ0v) is 13.8. The van der Waals surface area contributed by atoms with E-state index in [1.807, 2.05) is 0 Å². The molecule has 0 atom stereocenters. The first-order valence-corrected chi connectivity index (χ1v) is 12.6. The summed E-state index contributed by atoms with van der Waals surface area (Å²) in [6, 6.07) is 0.954. The maximum Gasteiger partial charge on any atom is 0.468 e. The fraction of sp³-hybridized carbons (Fsp3) is 1.00. The van der Waals surface area contributed by atoms with E-state index in [0.717, 1.165) is 6.04 Å². The van der Waals surface area contributed by atoms with E-state index < -0.39 is 8.80 Å². The van der Waals surface area contributed by atoms with Crippen molar-refractivity contribution >= 4 is 38.1 Å². The molecule has 0 N–H and O–H groups in total. The summed E-state index contributed by atoms with van der Waals surface area (Å²) < 4.78 is 17.3. The predicted molar refractivity (Wildman–Crippen MR) is 62.7 cm³/mol. The lowest BCUT2D eigenvalue weighted by Gasteiger charge is -2.28. The first-order chi connectivity index (χ1) is 5.74. The van der Waals surface area contributed by atoms with Crippen LogP contribution in [-0.2, 0) is 12.3 Å². The third-order valence-corrected chi connectivity index (χ3v) is 11.1. The third kappa shape index (κ3) is 4.12. The van der Waals surface area contributed by atoms with Crippen LogP contribution in [0.25, 0.3) is 0 Å². The van der Waals surface area contributed by atoms with E-state index >= 15 is 0 Å². The van der Waals surface area contributed by atoms with Gasteiger partial charge < -0.3 is 12.3 Å². The molecule has 0 aromatic heterocycles. The Kier molecular flexibility index (Phi) is 7.63. The normalized spacial score (nSPS) is 19.0. The highest BCUT2D eigenvalue weighted by Crippen LogP contribution is 2.12. The van der Waals surface area contributed by atoms with Gasteiger partial charge in [-0.25, -0.2) is 0 Å². The van der Waals surface area contributed by atoms with Crippen molar-refractivity contribution in [2.24, 2.45) is 0 Å². The van der Waals surface area contributed by atoms with E-state index in [9.17, 15) is 0 Å². The van der Waals surface area contributed by atoms with Crippen LogP contribution < -0.4 is 0 Å². The van der Waals surface area contributed by atoms with Crippen LogP contribution in [0.3, 0.4) is 0 Å². The highest BCUT2D eigenvalue weighted by molar-refractivity contribution is 6.73. The molecule has 0 unspecified atom stereocenters. The van der Waals surface area contributed by atoms with Crippen LogP contribution in [0.15, 0.2) is 0 Å². The van der Waals surface area contributed by atoms with Crippen molar-refractivity contribution in [2.45, 2.75) is 32.6 Å².